The van der Waals surface area contributed by atoms with E-state index < -0.39 is 0 Å². The van der Waals surface area contributed by atoms with E-state index in [-0.39, 0.29) is 0 Å². The van der Waals surface area contributed by atoms with Crippen molar-refractivity contribution in [3.63, 3.8) is 0 Å². The Balaban J connectivity index is 1.80. The predicted octanol–water partition coefficient (Wildman–Crippen LogP) is 1.75. The van der Waals surface area contributed by atoms with Crippen molar-refractivity contribution in [2.45, 2.75) is 12.5 Å². The van der Waals surface area contributed by atoms with Crippen molar-refractivity contribution < 1.29 is 4.74 Å². The Kier molecular flexibility index (Phi) is 3.01. The fourth-order valence-electron chi connectivity index (χ4n) is 2.12. The summed E-state index contributed by atoms with van der Waals surface area (Å²) in [5, 5.41) is 4.14. The highest BCUT2D eigenvalue weighted by Crippen LogP contribution is 2.17. The van der Waals surface area contributed by atoms with Crippen LogP contribution in [0.1, 0.15) is 5.82 Å². The maximum atomic E-state index is 5.94. The van der Waals surface area contributed by atoms with Crippen molar-refractivity contribution >= 4 is 22.6 Å². The first kappa shape index (κ1) is 11.0. The van der Waals surface area contributed by atoms with Gasteiger partial charge in [-0.2, -0.15) is 0 Å². The summed E-state index contributed by atoms with van der Waals surface area (Å²) in [5.41, 5.74) is 1.95. The molecule has 0 bridgehead atoms. The van der Waals surface area contributed by atoms with Crippen molar-refractivity contribution in [1.82, 2.24) is 15.3 Å². The van der Waals surface area contributed by atoms with Crippen LogP contribution < -0.4 is 5.32 Å². The summed E-state index contributed by atoms with van der Waals surface area (Å²) in [7, 11) is 0. The summed E-state index contributed by atoms with van der Waals surface area (Å²) < 4.78 is 5.42. The Bertz CT molecular complexity index is 519. The number of benzene rings is 1. The number of morpholine rings is 1. The molecule has 1 unspecified atom stereocenters. The van der Waals surface area contributed by atoms with Crippen molar-refractivity contribution in [3.8, 4) is 0 Å². The Morgan fingerprint density at radius 2 is 2.41 bits per heavy atom. The number of ether oxygens (including phenoxy) is 1. The molecule has 2 heterocycles. The lowest BCUT2D eigenvalue weighted by molar-refractivity contribution is 0.0765. The molecule has 1 aromatic carbocycles. The molecule has 0 spiro atoms. The molecule has 1 aromatic heterocycles. The Hall–Kier alpha value is -1.10. The third kappa shape index (κ3) is 2.44. The first-order chi connectivity index (χ1) is 8.31. The molecule has 4 nitrogen and oxygen atoms in total. The number of aromatic nitrogens is 2. The molecule has 0 saturated carbocycles. The second-order valence-electron chi connectivity index (χ2n) is 4.28. The highest BCUT2D eigenvalue weighted by Gasteiger charge is 2.15. The largest absolute Gasteiger partial charge is 0.379 e. The smallest absolute Gasteiger partial charge is 0.108 e. The first-order valence-electron chi connectivity index (χ1n) is 5.76. The summed E-state index contributed by atoms with van der Waals surface area (Å²) >= 11 is 5.94. The molecule has 3 rings (SSSR count). The van der Waals surface area contributed by atoms with E-state index in [1.807, 2.05) is 18.2 Å². The van der Waals surface area contributed by atoms with Crippen molar-refractivity contribution in [3.05, 3.63) is 29.0 Å². The average molecular weight is 252 g/mol. The Morgan fingerprint density at radius 1 is 1.47 bits per heavy atom. The number of hydrogen-bond donors (Lipinski definition) is 2. The van der Waals surface area contributed by atoms with Crippen molar-refractivity contribution in [2.75, 3.05) is 19.8 Å². The van der Waals surface area contributed by atoms with Gasteiger partial charge >= 0.3 is 0 Å². The fourth-order valence-corrected chi connectivity index (χ4v) is 2.29. The number of H-pyrrole nitrogens is 1. The van der Waals surface area contributed by atoms with Crippen LogP contribution in [0.3, 0.4) is 0 Å². The van der Waals surface area contributed by atoms with Gasteiger partial charge in [0, 0.05) is 24.0 Å². The minimum absolute atomic E-state index is 0.347. The van der Waals surface area contributed by atoms with E-state index in [0.717, 1.165) is 48.1 Å². The third-order valence-electron chi connectivity index (χ3n) is 2.93. The highest BCUT2D eigenvalue weighted by molar-refractivity contribution is 6.31. The number of rotatable bonds is 2. The van der Waals surface area contributed by atoms with Crippen molar-refractivity contribution in [1.29, 1.82) is 0 Å². The normalized spacial score (nSPS) is 20.9. The van der Waals surface area contributed by atoms with Gasteiger partial charge in [0.2, 0.25) is 0 Å². The highest BCUT2D eigenvalue weighted by atomic mass is 35.5. The second-order valence-corrected chi connectivity index (χ2v) is 4.71. The molecular formula is C12H14ClN3O. The molecule has 2 aromatic rings. The summed E-state index contributed by atoms with van der Waals surface area (Å²) in [6.07, 6.45) is 0.853. The molecule has 5 heteroatoms. The molecule has 0 aliphatic carbocycles. The zero-order valence-corrected chi connectivity index (χ0v) is 10.1. The third-order valence-corrected chi connectivity index (χ3v) is 3.17. The lowest BCUT2D eigenvalue weighted by Crippen LogP contribution is -2.42. The van der Waals surface area contributed by atoms with Crippen LogP contribution in [0.2, 0.25) is 5.02 Å². The van der Waals surface area contributed by atoms with Gasteiger partial charge in [-0.3, -0.25) is 0 Å². The standard InChI is InChI=1S/C12H14ClN3O/c13-8-1-2-10-11(5-8)16-12(15-10)6-9-7-17-4-3-14-9/h1-2,5,9,14H,3-4,6-7H2,(H,15,16). The number of nitrogens with one attached hydrogen (secondary N) is 2. The molecule has 17 heavy (non-hydrogen) atoms. The van der Waals surface area contributed by atoms with Crippen LogP contribution in [0.4, 0.5) is 0 Å². The summed E-state index contributed by atoms with van der Waals surface area (Å²) in [6, 6.07) is 6.04. The molecule has 1 aliphatic heterocycles. The van der Waals surface area contributed by atoms with Crippen LogP contribution in [0, 0.1) is 0 Å². The maximum Gasteiger partial charge on any atom is 0.108 e. The SMILES string of the molecule is Clc1ccc2nc(CC3COCCN3)[nH]c2c1. The topological polar surface area (TPSA) is 49.9 Å². The number of nitrogens with zero attached hydrogens (tertiary/aromatic N) is 1. The van der Waals surface area contributed by atoms with Gasteiger partial charge in [0.25, 0.3) is 0 Å². The number of hydrogen-bond acceptors (Lipinski definition) is 3. The maximum absolute atomic E-state index is 5.94. The van der Waals surface area contributed by atoms with Gasteiger partial charge < -0.3 is 15.0 Å². The van der Waals surface area contributed by atoms with Gasteiger partial charge in [0.05, 0.1) is 24.2 Å². The minimum atomic E-state index is 0.347. The summed E-state index contributed by atoms with van der Waals surface area (Å²) in [6.45, 7) is 2.46. The quantitative estimate of drug-likeness (QED) is 0.855. The molecule has 1 saturated heterocycles. The second kappa shape index (κ2) is 4.64. The lowest BCUT2D eigenvalue weighted by Gasteiger charge is -2.22. The van der Waals surface area contributed by atoms with Crippen LogP contribution in [0.25, 0.3) is 11.0 Å². The Labute approximate surface area is 104 Å². The number of aromatic amines is 1. The summed E-state index contributed by atoms with van der Waals surface area (Å²) in [5.74, 6) is 0.977. The fraction of sp³-hybridized carbons (Fsp3) is 0.417. The number of imidazole rings is 1. The molecule has 0 amide bonds. The van der Waals surface area contributed by atoms with Gasteiger partial charge in [-0.05, 0) is 18.2 Å². The van der Waals surface area contributed by atoms with Gasteiger partial charge in [-0.15, -0.1) is 0 Å². The van der Waals surface area contributed by atoms with E-state index in [1.165, 1.54) is 0 Å². The van der Waals surface area contributed by atoms with E-state index in [0.29, 0.717) is 6.04 Å². The Morgan fingerprint density at radius 3 is 3.24 bits per heavy atom. The van der Waals surface area contributed by atoms with E-state index in [4.69, 9.17) is 16.3 Å². The van der Waals surface area contributed by atoms with Crippen LogP contribution in [0.5, 0.6) is 0 Å². The molecular weight excluding hydrogens is 238 g/mol. The summed E-state index contributed by atoms with van der Waals surface area (Å²) in [4.78, 5) is 7.83. The minimum Gasteiger partial charge on any atom is -0.379 e. The lowest BCUT2D eigenvalue weighted by atomic mass is 10.2. The zero-order chi connectivity index (χ0) is 11.7. The van der Waals surface area contributed by atoms with E-state index in [2.05, 4.69) is 15.3 Å². The van der Waals surface area contributed by atoms with E-state index in [9.17, 15) is 0 Å². The molecule has 1 fully saturated rings. The van der Waals surface area contributed by atoms with Gasteiger partial charge in [-0.1, -0.05) is 11.6 Å². The number of halogens is 1. The van der Waals surface area contributed by atoms with Crippen LogP contribution >= 0.6 is 11.6 Å². The van der Waals surface area contributed by atoms with Crippen LogP contribution in [-0.4, -0.2) is 35.8 Å². The van der Waals surface area contributed by atoms with Gasteiger partial charge in [0.1, 0.15) is 5.82 Å². The van der Waals surface area contributed by atoms with E-state index >= 15 is 0 Å². The van der Waals surface area contributed by atoms with Crippen molar-refractivity contribution in [2.24, 2.45) is 0 Å². The number of fused-ring (bicyclic) bond motifs is 1. The first-order valence-corrected chi connectivity index (χ1v) is 6.14. The monoisotopic (exact) mass is 251 g/mol. The molecule has 1 atom stereocenters. The van der Waals surface area contributed by atoms with E-state index in [1.54, 1.807) is 0 Å². The molecule has 0 radical (unpaired) electrons. The van der Waals surface area contributed by atoms with Crippen LogP contribution in [0.15, 0.2) is 18.2 Å². The molecule has 90 valence electrons. The van der Waals surface area contributed by atoms with Gasteiger partial charge in [0.15, 0.2) is 0 Å². The van der Waals surface area contributed by atoms with Crippen LogP contribution in [-0.2, 0) is 11.2 Å². The average Bonchev–Trinajstić information content (AvgIpc) is 2.71. The predicted molar refractivity (Wildman–Crippen MR) is 67.4 cm³/mol. The molecule has 1 aliphatic rings. The van der Waals surface area contributed by atoms with Gasteiger partial charge in [-0.25, -0.2) is 4.98 Å². The zero-order valence-electron chi connectivity index (χ0n) is 9.37. The molecule has 2 N–H and O–H groups in total.